The van der Waals surface area contributed by atoms with Crippen LogP contribution in [0.4, 0.5) is 15.8 Å². The molecule has 114 valence electrons. The quantitative estimate of drug-likeness (QED) is 0.800. The maximum Gasteiger partial charge on any atom is 0.244 e. The number of hydrogen-bond acceptors (Lipinski definition) is 3. The zero-order valence-electron chi connectivity index (χ0n) is 12.3. The Morgan fingerprint density at radius 3 is 2.67 bits per heavy atom. The van der Waals surface area contributed by atoms with E-state index in [0.717, 1.165) is 25.8 Å². The van der Waals surface area contributed by atoms with Gasteiger partial charge in [-0.25, -0.2) is 4.39 Å². The van der Waals surface area contributed by atoms with Gasteiger partial charge in [0.25, 0.3) is 0 Å². The number of carbonyl (C=O) groups excluding carboxylic acids is 2. The molecule has 6 heteroatoms. The second-order valence-electron chi connectivity index (χ2n) is 5.55. The van der Waals surface area contributed by atoms with Crippen molar-refractivity contribution in [2.24, 2.45) is 0 Å². The molecule has 1 aromatic rings. The van der Waals surface area contributed by atoms with E-state index in [-0.39, 0.29) is 17.5 Å². The summed E-state index contributed by atoms with van der Waals surface area (Å²) in [5, 5.41) is 8.39. The number of piperidine rings is 1. The van der Waals surface area contributed by atoms with Gasteiger partial charge in [-0.1, -0.05) is 0 Å². The fraction of sp³-hybridized carbons (Fsp3) is 0.467. The summed E-state index contributed by atoms with van der Waals surface area (Å²) in [6.07, 6.45) is 2.82. The lowest BCUT2D eigenvalue weighted by Gasteiger charge is -2.33. The number of nitrogens with one attached hydrogen (secondary N) is 3. The van der Waals surface area contributed by atoms with Crippen LogP contribution in [0.1, 0.15) is 33.1 Å². The van der Waals surface area contributed by atoms with Gasteiger partial charge in [0.1, 0.15) is 5.82 Å². The molecule has 5 nitrogen and oxygen atoms in total. The summed E-state index contributed by atoms with van der Waals surface area (Å²) in [4.78, 5) is 23.4. The van der Waals surface area contributed by atoms with Crippen molar-refractivity contribution in [3.63, 3.8) is 0 Å². The number of halogens is 1. The summed E-state index contributed by atoms with van der Waals surface area (Å²) in [5.74, 6) is -1.05. The molecule has 3 N–H and O–H groups in total. The van der Waals surface area contributed by atoms with Gasteiger partial charge in [0.15, 0.2) is 0 Å². The van der Waals surface area contributed by atoms with Crippen LogP contribution in [0.25, 0.3) is 0 Å². The third kappa shape index (κ3) is 3.78. The second kappa shape index (κ2) is 6.22. The molecule has 1 unspecified atom stereocenters. The fourth-order valence-corrected chi connectivity index (χ4v) is 2.41. The highest BCUT2D eigenvalue weighted by Gasteiger charge is 2.34. The number of amides is 2. The summed E-state index contributed by atoms with van der Waals surface area (Å²) < 4.78 is 13.6. The van der Waals surface area contributed by atoms with Crippen molar-refractivity contribution in [2.45, 2.75) is 38.6 Å². The predicted octanol–water partition coefficient (Wildman–Crippen LogP) is 2.25. The summed E-state index contributed by atoms with van der Waals surface area (Å²) in [6, 6.07) is 4.11. The highest BCUT2D eigenvalue weighted by molar-refractivity contribution is 5.98. The molecule has 0 saturated carbocycles. The van der Waals surface area contributed by atoms with E-state index in [1.54, 1.807) is 0 Å². The van der Waals surface area contributed by atoms with Gasteiger partial charge in [0, 0.05) is 12.6 Å². The lowest BCUT2D eigenvalue weighted by Crippen LogP contribution is -2.54. The molecule has 1 heterocycles. The molecule has 1 fully saturated rings. The largest absolute Gasteiger partial charge is 0.324 e. The van der Waals surface area contributed by atoms with Crippen LogP contribution >= 0.6 is 0 Å². The van der Waals surface area contributed by atoms with Crippen molar-refractivity contribution in [2.75, 3.05) is 17.2 Å². The Hall–Kier alpha value is -1.95. The zero-order valence-corrected chi connectivity index (χ0v) is 12.3. The van der Waals surface area contributed by atoms with Gasteiger partial charge < -0.3 is 16.0 Å². The molecule has 1 atom stereocenters. The van der Waals surface area contributed by atoms with E-state index in [4.69, 9.17) is 0 Å². The highest BCUT2D eigenvalue weighted by atomic mass is 19.1. The van der Waals surface area contributed by atoms with Gasteiger partial charge in [0.2, 0.25) is 11.8 Å². The number of benzene rings is 1. The molecule has 1 saturated heterocycles. The smallest absolute Gasteiger partial charge is 0.244 e. The number of carbonyl (C=O) groups is 2. The number of hydrogen-bond donors (Lipinski definition) is 3. The Morgan fingerprint density at radius 1 is 1.29 bits per heavy atom. The van der Waals surface area contributed by atoms with Gasteiger partial charge >= 0.3 is 0 Å². The first kappa shape index (κ1) is 15.4. The predicted molar refractivity (Wildman–Crippen MR) is 79.6 cm³/mol. The Labute approximate surface area is 123 Å². The van der Waals surface area contributed by atoms with Crippen molar-refractivity contribution >= 4 is 23.2 Å². The average molecular weight is 293 g/mol. The first-order chi connectivity index (χ1) is 9.90. The van der Waals surface area contributed by atoms with Crippen molar-refractivity contribution in [3.05, 3.63) is 24.0 Å². The van der Waals surface area contributed by atoms with Crippen LogP contribution in [0.5, 0.6) is 0 Å². The van der Waals surface area contributed by atoms with Gasteiger partial charge in [-0.15, -0.1) is 0 Å². The van der Waals surface area contributed by atoms with E-state index in [0.29, 0.717) is 5.69 Å². The SMILES string of the molecule is CC(=O)Nc1cc(NC(=O)C2(C)CCCCN2)ccc1F. The molecular weight excluding hydrogens is 273 g/mol. The van der Waals surface area contributed by atoms with E-state index in [2.05, 4.69) is 16.0 Å². The Morgan fingerprint density at radius 2 is 2.05 bits per heavy atom. The summed E-state index contributed by atoms with van der Waals surface area (Å²) in [5.41, 5.74) is -0.0957. The minimum Gasteiger partial charge on any atom is -0.324 e. The molecule has 0 aliphatic carbocycles. The third-order valence-electron chi connectivity index (χ3n) is 3.65. The Kier molecular flexibility index (Phi) is 4.57. The van der Waals surface area contributed by atoms with Gasteiger partial charge in [-0.2, -0.15) is 0 Å². The first-order valence-electron chi connectivity index (χ1n) is 7.04. The topological polar surface area (TPSA) is 70.2 Å². The van der Waals surface area contributed by atoms with Crippen LogP contribution in [0.3, 0.4) is 0 Å². The van der Waals surface area contributed by atoms with Crippen LogP contribution in [0.15, 0.2) is 18.2 Å². The van der Waals surface area contributed by atoms with Crippen LogP contribution in [0.2, 0.25) is 0 Å². The molecule has 0 radical (unpaired) electrons. The van der Waals surface area contributed by atoms with Crippen molar-refractivity contribution in [1.29, 1.82) is 0 Å². The molecule has 2 amide bonds. The van der Waals surface area contributed by atoms with E-state index < -0.39 is 11.4 Å². The minimum absolute atomic E-state index is 0.0575. The van der Waals surface area contributed by atoms with Crippen LogP contribution < -0.4 is 16.0 Å². The van der Waals surface area contributed by atoms with Gasteiger partial charge in [-0.05, 0) is 50.9 Å². The lowest BCUT2D eigenvalue weighted by atomic mass is 9.90. The Balaban J connectivity index is 2.12. The minimum atomic E-state index is -0.610. The van der Waals surface area contributed by atoms with E-state index in [1.807, 2.05) is 6.92 Å². The zero-order chi connectivity index (χ0) is 15.5. The monoisotopic (exact) mass is 293 g/mol. The Bertz CT molecular complexity index is 554. The maximum absolute atomic E-state index is 13.6. The van der Waals surface area contributed by atoms with Crippen LogP contribution in [-0.4, -0.2) is 23.9 Å². The molecule has 2 rings (SSSR count). The maximum atomic E-state index is 13.6. The summed E-state index contributed by atoms with van der Waals surface area (Å²) in [7, 11) is 0. The lowest BCUT2D eigenvalue weighted by molar-refractivity contribution is -0.122. The summed E-state index contributed by atoms with van der Waals surface area (Å²) in [6.45, 7) is 3.97. The van der Waals surface area contributed by atoms with Crippen molar-refractivity contribution < 1.29 is 14.0 Å². The number of anilines is 2. The molecule has 0 spiro atoms. The molecular formula is C15H20FN3O2. The van der Waals surface area contributed by atoms with E-state index in [9.17, 15) is 14.0 Å². The van der Waals surface area contributed by atoms with Gasteiger partial charge in [-0.3, -0.25) is 9.59 Å². The summed E-state index contributed by atoms with van der Waals surface area (Å²) >= 11 is 0. The first-order valence-corrected chi connectivity index (χ1v) is 7.04. The van der Waals surface area contributed by atoms with Crippen LogP contribution in [-0.2, 0) is 9.59 Å². The molecule has 0 bridgehead atoms. The standard InChI is InChI=1S/C15H20FN3O2/c1-10(20)18-13-9-11(5-6-12(13)16)19-14(21)15(2)7-3-4-8-17-15/h5-6,9,17H,3-4,7-8H2,1-2H3,(H,18,20)(H,19,21). The highest BCUT2D eigenvalue weighted by Crippen LogP contribution is 2.23. The normalized spacial score (nSPS) is 21.7. The van der Waals surface area contributed by atoms with E-state index >= 15 is 0 Å². The second-order valence-corrected chi connectivity index (χ2v) is 5.55. The third-order valence-corrected chi connectivity index (χ3v) is 3.65. The molecule has 21 heavy (non-hydrogen) atoms. The van der Waals surface area contributed by atoms with Crippen molar-refractivity contribution in [1.82, 2.24) is 5.32 Å². The fourth-order valence-electron chi connectivity index (χ4n) is 2.41. The molecule has 1 aliphatic heterocycles. The number of rotatable bonds is 3. The van der Waals surface area contributed by atoms with E-state index in [1.165, 1.54) is 25.1 Å². The molecule has 1 aliphatic rings. The average Bonchev–Trinajstić information content (AvgIpc) is 2.43. The van der Waals surface area contributed by atoms with Crippen molar-refractivity contribution in [3.8, 4) is 0 Å². The molecule has 0 aromatic heterocycles. The van der Waals surface area contributed by atoms with Crippen LogP contribution in [0, 0.1) is 5.82 Å². The molecule has 1 aromatic carbocycles. The van der Waals surface area contributed by atoms with Gasteiger partial charge in [0.05, 0.1) is 11.2 Å².